The lowest BCUT2D eigenvalue weighted by molar-refractivity contribution is 0.242. The molecule has 5 heteroatoms. The Morgan fingerprint density at radius 2 is 1.78 bits per heavy atom. The van der Waals surface area contributed by atoms with Crippen molar-refractivity contribution in [1.29, 1.82) is 0 Å². The fourth-order valence-electron chi connectivity index (χ4n) is 2.42. The minimum absolute atomic E-state index is 0.0212. The van der Waals surface area contributed by atoms with Crippen LogP contribution >= 0.6 is 0 Å². The number of H-pyrrole nitrogens is 1. The van der Waals surface area contributed by atoms with Gasteiger partial charge >= 0.3 is 0 Å². The molecule has 0 radical (unpaired) electrons. The number of hydrogen-bond acceptors (Lipinski definition) is 2. The molecule has 1 heterocycles. The second-order valence-electron chi connectivity index (χ2n) is 5.44. The van der Waals surface area contributed by atoms with Crippen molar-refractivity contribution in [3.63, 3.8) is 0 Å². The van der Waals surface area contributed by atoms with Gasteiger partial charge in [0.2, 0.25) is 0 Å². The third-order valence-electron chi connectivity index (χ3n) is 3.34. The lowest BCUT2D eigenvalue weighted by Gasteiger charge is -2.14. The van der Waals surface area contributed by atoms with E-state index in [1.807, 2.05) is 13.8 Å². The lowest BCUT2D eigenvalue weighted by Crippen LogP contribution is -2.05. The smallest absolute Gasteiger partial charge is 0.138 e. The predicted octanol–water partition coefficient (Wildman–Crippen LogP) is 4.81. The third-order valence-corrected chi connectivity index (χ3v) is 3.34. The Labute approximate surface area is 133 Å². The first kappa shape index (κ1) is 15.2. The summed E-state index contributed by atoms with van der Waals surface area (Å²) in [5.41, 5.74) is 1.63. The maximum absolute atomic E-state index is 14.2. The van der Waals surface area contributed by atoms with E-state index < -0.39 is 11.6 Å². The van der Waals surface area contributed by atoms with E-state index in [4.69, 9.17) is 4.74 Å². The van der Waals surface area contributed by atoms with E-state index in [2.05, 4.69) is 9.97 Å². The molecule has 3 rings (SSSR count). The van der Waals surface area contributed by atoms with Crippen LogP contribution in [0.4, 0.5) is 8.78 Å². The molecule has 0 saturated heterocycles. The molecule has 1 aromatic heterocycles. The van der Waals surface area contributed by atoms with E-state index in [-0.39, 0.29) is 6.10 Å². The number of aromatic amines is 1. The summed E-state index contributed by atoms with van der Waals surface area (Å²) < 4.78 is 33.0. The summed E-state index contributed by atoms with van der Waals surface area (Å²) in [5, 5.41) is 0. The van der Waals surface area contributed by atoms with Gasteiger partial charge in [0.1, 0.15) is 23.2 Å². The number of ether oxygens (including phenoxy) is 1. The monoisotopic (exact) mass is 314 g/mol. The van der Waals surface area contributed by atoms with E-state index in [1.165, 1.54) is 12.1 Å². The Hall–Kier alpha value is -2.69. The first-order valence-corrected chi connectivity index (χ1v) is 7.30. The standard InChI is InChI=1S/C18H16F2N2O/c1-11(2)23-13-4-6-14(15-5-3-12(19)9-17(15)20)16(10-13)18-21-7-8-22-18/h3-11H,1-2H3,(H,21,22). The van der Waals surface area contributed by atoms with Gasteiger partial charge in [0.25, 0.3) is 0 Å². The molecule has 23 heavy (non-hydrogen) atoms. The zero-order valence-electron chi connectivity index (χ0n) is 12.8. The summed E-state index contributed by atoms with van der Waals surface area (Å²) in [6.45, 7) is 3.86. The quantitative estimate of drug-likeness (QED) is 0.750. The Morgan fingerprint density at radius 3 is 2.43 bits per heavy atom. The van der Waals surface area contributed by atoms with Crippen molar-refractivity contribution < 1.29 is 13.5 Å². The molecule has 0 aliphatic rings. The van der Waals surface area contributed by atoms with Crippen LogP contribution in [-0.4, -0.2) is 16.1 Å². The van der Waals surface area contributed by atoms with E-state index in [0.29, 0.717) is 28.3 Å². The van der Waals surface area contributed by atoms with Crippen LogP contribution in [0.15, 0.2) is 48.8 Å². The molecule has 0 bridgehead atoms. The Bertz CT molecular complexity index is 814. The number of nitrogens with one attached hydrogen (secondary N) is 1. The van der Waals surface area contributed by atoms with Crippen LogP contribution in [-0.2, 0) is 0 Å². The molecule has 0 aliphatic carbocycles. The van der Waals surface area contributed by atoms with Gasteiger partial charge in [-0.15, -0.1) is 0 Å². The van der Waals surface area contributed by atoms with Gasteiger partial charge in [-0.1, -0.05) is 0 Å². The van der Waals surface area contributed by atoms with Gasteiger partial charge < -0.3 is 9.72 Å². The fraction of sp³-hybridized carbons (Fsp3) is 0.167. The average Bonchev–Trinajstić information content (AvgIpc) is 3.01. The van der Waals surface area contributed by atoms with Crippen molar-refractivity contribution in [1.82, 2.24) is 9.97 Å². The number of aromatic nitrogens is 2. The minimum atomic E-state index is -0.615. The summed E-state index contributed by atoms with van der Waals surface area (Å²) in [6.07, 6.45) is 3.33. The van der Waals surface area contributed by atoms with Crippen LogP contribution in [0.3, 0.4) is 0 Å². The number of rotatable bonds is 4. The molecular formula is C18H16F2N2O. The van der Waals surface area contributed by atoms with Crippen LogP contribution in [0.1, 0.15) is 13.8 Å². The second kappa shape index (κ2) is 6.20. The van der Waals surface area contributed by atoms with Crippen LogP contribution in [0.5, 0.6) is 5.75 Å². The van der Waals surface area contributed by atoms with Gasteiger partial charge in [0, 0.05) is 29.6 Å². The molecule has 1 N–H and O–H groups in total. The molecule has 3 aromatic rings. The van der Waals surface area contributed by atoms with Gasteiger partial charge in [0.15, 0.2) is 0 Å². The fourth-order valence-corrected chi connectivity index (χ4v) is 2.42. The maximum Gasteiger partial charge on any atom is 0.138 e. The zero-order valence-corrected chi connectivity index (χ0v) is 12.8. The highest BCUT2D eigenvalue weighted by molar-refractivity contribution is 5.82. The Balaban J connectivity index is 2.16. The highest BCUT2D eigenvalue weighted by Gasteiger charge is 2.15. The van der Waals surface area contributed by atoms with Crippen molar-refractivity contribution in [2.45, 2.75) is 20.0 Å². The molecule has 2 aromatic carbocycles. The molecule has 3 nitrogen and oxygen atoms in total. The predicted molar refractivity (Wildman–Crippen MR) is 85.1 cm³/mol. The highest BCUT2D eigenvalue weighted by atomic mass is 19.1. The van der Waals surface area contributed by atoms with Crippen molar-refractivity contribution in [3.05, 3.63) is 60.4 Å². The van der Waals surface area contributed by atoms with E-state index in [1.54, 1.807) is 30.6 Å². The van der Waals surface area contributed by atoms with Crippen molar-refractivity contribution in [2.24, 2.45) is 0 Å². The Kier molecular flexibility index (Phi) is 4.10. The third kappa shape index (κ3) is 3.23. The van der Waals surface area contributed by atoms with Gasteiger partial charge in [-0.3, -0.25) is 0 Å². The topological polar surface area (TPSA) is 37.9 Å². The lowest BCUT2D eigenvalue weighted by atomic mass is 9.98. The van der Waals surface area contributed by atoms with Crippen molar-refractivity contribution in [3.8, 4) is 28.3 Å². The second-order valence-corrected chi connectivity index (χ2v) is 5.44. The first-order chi connectivity index (χ1) is 11.0. The van der Waals surface area contributed by atoms with Crippen LogP contribution in [0.2, 0.25) is 0 Å². The molecule has 0 fully saturated rings. The number of halogens is 2. The van der Waals surface area contributed by atoms with E-state index in [9.17, 15) is 8.78 Å². The van der Waals surface area contributed by atoms with Crippen LogP contribution in [0.25, 0.3) is 22.5 Å². The van der Waals surface area contributed by atoms with Gasteiger partial charge in [-0.25, -0.2) is 13.8 Å². The minimum Gasteiger partial charge on any atom is -0.491 e. The number of benzene rings is 2. The normalized spacial score (nSPS) is 11.0. The zero-order chi connectivity index (χ0) is 16.4. The molecule has 0 unspecified atom stereocenters. The van der Waals surface area contributed by atoms with Crippen LogP contribution in [0, 0.1) is 11.6 Å². The van der Waals surface area contributed by atoms with Crippen molar-refractivity contribution >= 4 is 0 Å². The summed E-state index contributed by atoms with van der Waals surface area (Å²) >= 11 is 0. The molecule has 0 saturated carbocycles. The molecular weight excluding hydrogens is 298 g/mol. The summed E-state index contributed by atoms with van der Waals surface area (Å²) in [6, 6.07) is 8.87. The highest BCUT2D eigenvalue weighted by Crippen LogP contribution is 2.35. The Morgan fingerprint density at radius 1 is 1.00 bits per heavy atom. The average molecular weight is 314 g/mol. The molecule has 0 aliphatic heterocycles. The molecule has 118 valence electrons. The van der Waals surface area contributed by atoms with Gasteiger partial charge in [-0.05, 0) is 49.7 Å². The molecule has 0 atom stereocenters. The van der Waals surface area contributed by atoms with E-state index in [0.717, 1.165) is 6.07 Å². The summed E-state index contributed by atoms with van der Waals surface area (Å²) in [7, 11) is 0. The maximum atomic E-state index is 14.2. The number of imidazole rings is 1. The van der Waals surface area contributed by atoms with Crippen molar-refractivity contribution in [2.75, 3.05) is 0 Å². The summed E-state index contributed by atoms with van der Waals surface area (Å²) in [4.78, 5) is 7.24. The largest absolute Gasteiger partial charge is 0.491 e. The van der Waals surface area contributed by atoms with Crippen LogP contribution < -0.4 is 4.74 Å². The summed E-state index contributed by atoms with van der Waals surface area (Å²) in [5.74, 6) is 0.0384. The number of hydrogen-bond donors (Lipinski definition) is 1. The van der Waals surface area contributed by atoms with E-state index >= 15 is 0 Å². The molecule has 0 amide bonds. The SMILES string of the molecule is CC(C)Oc1ccc(-c2ccc(F)cc2F)c(-c2ncc[nH]2)c1. The molecule has 0 spiro atoms. The number of nitrogens with zero attached hydrogens (tertiary/aromatic N) is 1. The van der Waals surface area contributed by atoms with Gasteiger partial charge in [0.05, 0.1) is 6.10 Å². The van der Waals surface area contributed by atoms with Gasteiger partial charge in [-0.2, -0.15) is 0 Å². The first-order valence-electron chi connectivity index (χ1n) is 7.30.